The summed E-state index contributed by atoms with van der Waals surface area (Å²) in [5.74, 6) is 0. The quantitative estimate of drug-likeness (QED) is 0.811. The largest absolute Gasteiger partial charge is 0.324 e. The van der Waals surface area contributed by atoms with Gasteiger partial charge in [0.25, 0.3) is 0 Å². The molecule has 1 unspecified atom stereocenters. The number of hydrogen-bond acceptors (Lipinski definition) is 1. The van der Waals surface area contributed by atoms with Crippen LogP contribution < -0.4 is 5.73 Å². The van der Waals surface area contributed by atoms with Crippen molar-refractivity contribution in [3.63, 3.8) is 0 Å². The second-order valence-electron chi connectivity index (χ2n) is 5.13. The van der Waals surface area contributed by atoms with Crippen molar-refractivity contribution in [2.24, 2.45) is 5.73 Å². The zero-order chi connectivity index (χ0) is 12.8. The molecule has 1 aromatic carbocycles. The smallest absolute Gasteiger partial charge is 0.0294 e. The molecule has 1 nitrogen and oxygen atoms in total. The third kappa shape index (κ3) is 3.96. The van der Waals surface area contributed by atoms with E-state index >= 15 is 0 Å². The maximum atomic E-state index is 6.38. The van der Waals surface area contributed by atoms with Crippen molar-refractivity contribution in [3.8, 4) is 0 Å². The van der Waals surface area contributed by atoms with Crippen LogP contribution in [0.3, 0.4) is 0 Å². The molecule has 1 aliphatic rings. The minimum atomic E-state index is 0.182. The second kappa shape index (κ2) is 7.10. The minimum Gasteiger partial charge on any atom is -0.324 e. The Labute approximate surface area is 119 Å². The normalized spacial score (nSPS) is 21.6. The minimum absolute atomic E-state index is 0.182. The van der Waals surface area contributed by atoms with Gasteiger partial charge in [-0.25, -0.2) is 0 Å². The molecule has 0 saturated heterocycles. The average Bonchev–Trinajstić information content (AvgIpc) is 2.31. The van der Waals surface area contributed by atoms with Crippen LogP contribution in [0.4, 0.5) is 0 Å². The van der Waals surface area contributed by atoms with E-state index in [0.29, 0.717) is 0 Å². The molecule has 0 radical (unpaired) electrons. The molecule has 0 spiro atoms. The summed E-state index contributed by atoms with van der Waals surface area (Å²) in [7, 11) is 0. The molecule has 98 valence electrons. The fraction of sp³-hybridized carbons (Fsp3) is 0.500. The Balaban J connectivity index is 2.02. The van der Waals surface area contributed by atoms with Gasteiger partial charge in [-0.3, -0.25) is 0 Å². The molecule has 18 heavy (non-hydrogen) atoms. The van der Waals surface area contributed by atoms with Crippen molar-refractivity contribution in [2.45, 2.75) is 51.0 Å². The van der Waals surface area contributed by atoms with Gasteiger partial charge >= 0.3 is 0 Å². The molecular formula is C16H22BrN. The topological polar surface area (TPSA) is 26.0 Å². The van der Waals surface area contributed by atoms with Crippen molar-refractivity contribution in [3.05, 3.63) is 46.0 Å². The maximum absolute atomic E-state index is 6.38. The highest BCUT2D eigenvalue weighted by atomic mass is 79.9. The highest BCUT2D eigenvalue weighted by Gasteiger charge is 2.12. The fourth-order valence-corrected chi connectivity index (χ4v) is 3.03. The molecule has 0 heterocycles. The lowest BCUT2D eigenvalue weighted by Gasteiger charge is -2.19. The molecule has 0 aromatic heterocycles. The predicted molar refractivity (Wildman–Crippen MR) is 81.6 cm³/mol. The third-order valence-electron chi connectivity index (χ3n) is 3.70. The van der Waals surface area contributed by atoms with Crippen molar-refractivity contribution in [2.75, 3.05) is 0 Å². The van der Waals surface area contributed by atoms with Crippen LogP contribution in [0, 0.1) is 0 Å². The van der Waals surface area contributed by atoms with E-state index < -0.39 is 0 Å². The molecule has 1 atom stereocenters. The lowest BCUT2D eigenvalue weighted by molar-refractivity contribution is 0.594. The van der Waals surface area contributed by atoms with E-state index in [9.17, 15) is 0 Å². The van der Waals surface area contributed by atoms with Gasteiger partial charge in [-0.05, 0) is 43.7 Å². The first-order chi connectivity index (χ1) is 8.77. The number of rotatable bonds is 3. The second-order valence-corrected chi connectivity index (χ2v) is 5.99. The Kier molecular flexibility index (Phi) is 5.45. The van der Waals surface area contributed by atoms with Gasteiger partial charge in [0.1, 0.15) is 0 Å². The number of nitrogens with two attached hydrogens (primary N) is 1. The number of halogens is 1. The van der Waals surface area contributed by atoms with Crippen LogP contribution in [0.2, 0.25) is 0 Å². The van der Waals surface area contributed by atoms with E-state index in [1.54, 1.807) is 0 Å². The molecule has 1 aromatic rings. The monoisotopic (exact) mass is 307 g/mol. The maximum Gasteiger partial charge on any atom is 0.0294 e. The van der Waals surface area contributed by atoms with E-state index in [1.807, 2.05) is 6.07 Å². The molecule has 0 aliphatic heterocycles. The predicted octanol–water partition coefficient (Wildman–Crippen LogP) is 4.60. The Bertz CT molecular complexity index is 411. The van der Waals surface area contributed by atoms with E-state index in [4.69, 9.17) is 5.73 Å². The molecule has 2 heteroatoms. The SMILES string of the molecule is NC(Cc1ccccc1Br)/C1=C/CCCCCC1. The van der Waals surface area contributed by atoms with Crippen LogP contribution in [0.25, 0.3) is 0 Å². The molecule has 2 rings (SSSR count). The van der Waals surface area contributed by atoms with E-state index in [0.717, 1.165) is 6.42 Å². The number of hydrogen-bond donors (Lipinski definition) is 1. The van der Waals surface area contributed by atoms with Crippen molar-refractivity contribution in [1.82, 2.24) is 0 Å². The molecule has 0 amide bonds. The Morgan fingerprint density at radius 2 is 1.89 bits per heavy atom. The highest BCUT2D eigenvalue weighted by Crippen LogP contribution is 2.23. The van der Waals surface area contributed by atoms with Gasteiger partial charge in [-0.1, -0.05) is 58.6 Å². The zero-order valence-corrected chi connectivity index (χ0v) is 12.5. The van der Waals surface area contributed by atoms with Gasteiger partial charge in [0.05, 0.1) is 0 Å². The first-order valence-electron chi connectivity index (χ1n) is 6.95. The lowest BCUT2D eigenvalue weighted by atomic mass is 9.92. The first kappa shape index (κ1) is 13.8. The van der Waals surface area contributed by atoms with Crippen molar-refractivity contribution < 1.29 is 0 Å². The standard InChI is InChI=1S/C16H22BrN/c17-15-11-7-6-10-14(15)12-16(18)13-8-4-2-1-3-5-9-13/h6-8,10-11,16H,1-5,9,12,18H2/b13-8+. The summed E-state index contributed by atoms with van der Waals surface area (Å²) < 4.78 is 1.17. The average molecular weight is 308 g/mol. The zero-order valence-electron chi connectivity index (χ0n) is 10.9. The van der Waals surface area contributed by atoms with Crippen molar-refractivity contribution >= 4 is 15.9 Å². The molecule has 1 aliphatic carbocycles. The molecule has 2 N–H and O–H groups in total. The summed E-state index contributed by atoms with van der Waals surface area (Å²) in [6.45, 7) is 0. The summed E-state index contributed by atoms with van der Waals surface area (Å²) in [6.07, 6.45) is 11.1. The van der Waals surface area contributed by atoms with Crippen LogP contribution in [0.5, 0.6) is 0 Å². The summed E-state index contributed by atoms with van der Waals surface area (Å²) in [6, 6.07) is 8.57. The number of benzene rings is 1. The molecular weight excluding hydrogens is 286 g/mol. The van der Waals surface area contributed by atoms with Crippen LogP contribution in [0.1, 0.15) is 44.1 Å². The molecule has 0 fully saturated rings. The summed E-state index contributed by atoms with van der Waals surface area (Å²) in [5, 5.41) is 0. The van der Waals surface area contributed by atoms with Gasteiger partial charge in [-0.2, -0.15) is 0 Å². The summed E-state index contributed by atoms with van der Waals surface area (Å²) in [4.78, 5) is 0. The van der Waals surface area contributed by atoms with Crippen LogP contribution >= 0.6 is 15.9 Å². The summed E-state index contributed by atoms with van der Waals surface area (Å²) in [5.41, 5.74) is 9.16. The van der Waals surface area contributed by atoms with E-state index in [2.05, 4.69) is 40.2 Å². The van der Waals surface area contributed by atoms with Gasteiger partial charge < -0.3 is 5.73 Å². The third-order valence-corrected chi connectivity index (χ3v) is 4.47. The van der Waals surface area contributed by atoms with E-state index in [1.165, 1.54) is 54.1 Å². The highest BCUT2D eigenvalue weighted by molar-refractivity contribution is 9.10. The Morgan fingerprint density at radius 3 is 2.72 bits per heavy atom. The fourth-order valence-electron chi connectivity index (χ4n) is 2.59. The molecule has 0 saturated carbocycles. The van der Waals surface area contributed by atoms with Crippen LogP contribution in [-0.4, -0.2) is 6.04 Å². The van der Waals surface area contributed by atoms with E-state index in [-0.39, 0.29) is 6.04 Å². The first-order valence-corrected chi connectivity index (χ1v) is 7.74. The van der Waals surface area contributed by atoms with Gasteiger partial charge in [-0.15, -0.1) is 0 Å². The van der Waals surface area contributed by atoms with Crippen LogP contribution in [-0.2, 0) is 6.42 Å². The Morgan fingerprint density at radius 1 is 1.11 bits per heavy atom. The Hall–Kier alpha value is -0.600. The summed E-state index contributed by atoms with van der Waals surface area (Å²) >= 11 is 3.60. The van der Waals surface area contributed by atoms with Gasteiger partial charge in [0, 0.05) is 10.5 Å². The molecule has 0 bridgehead atoms. The van der Waals surface area contributed by atoms with Gasteiger partial charge in [0.2, 0.25) is 0 Å². The number of allylic oxidation sites excluding steroid dienone is 1. The van der Waals surface area contributed by atoms with Crippen LogP contribution in [0.15, 0.2) is 40.4 Å². The lowest BCUT2D eigenvalue weighted by Crippen LogP contribution is -2.26. The van der Waals surface area contributed by atoms with Gasteiger partial charge in [0.15, 0.2) is 0 Å². The van der Waals surface area contributed by atoms with Crippen molar-refractivity contribution in [1.29, 1.82) is 0 Å².